The number of benzene rings is 10. The van der Waals surface area contributed by atoms with Gasteiger partial charge in [-0.25, -0.2) is 0 Å². The van der Waals surface area contributed by atoms with E-state index in [0.29, 0.717) is 0 Å². The van der Waals surface area contributed by atoms with Crippen LogP contribution in [0.3, 0.4) is 0 Å². The fourth-order valence-electron chi connectivity index (χ4n) is 9.56. The minimum Gasteiger partial charge on any atom is -0.456 e. The zero-order valence-corrected chi connectivity index (χ0v) is 31.2. The third-order valence-corrected chi connectivity index (χ3v) is 12.1. The van der Waals surface area contributed by atoms with Crippen LogP contribution in [-0.4, -0.2) is 4.57 Å². The largest absolute Gasteiger partial charge is 0.456 e. The zero-order valence-electron chi connectivity index (χ0n) is 31.2. The van der Waals surface area contributed by atoms with Gasteiger partial charge in [0.05, 0.1) is 22.4 Å². The Morgan fingerprint density at radius 3 is 1.88 bits per heavy atom. The average molecular weight is 741 g/mol. The molecule has 0 fully saturated rings. The van der Waals surface area contributed by atoms with E-state index in [1.54, 1.807) is 0 Å². The maximum atomic E-state index is 6.90. The second-order valence-electron chi connectivity index (χ2n) is 15.3. The molecule has 10 aromatic carbocycles. The number of aromatic nitrogens is 1. The summed E-state index contributed by atoms with van der Waals surface area (Å²) in [7, 11) is 0. The first-order chi connectivity index (χ1) is 28.8. The van der Waals surface area contributed by atoms with Crippen molar-refractivity contribution >= 4 is 115 Å². The minimum absolute atomic E-state index is 0.836. The fraction of sp³-hybridized carbons (Fsp3) is 0. The molecular weight excluding hydrogens is 709 g/mol. The number of para-hydroxylation sites is 2. The Labute approximate surface area is 332 Å². The van der Waals surface area contributed by atoms with Crippen LogP contribution in [0.25, 0.3) is 104 Å². The van der Waals surface area contributed by atoms with Gasteiger partial charge in [0.1, 0.15) is 16.7 Å². The molecule has 0 N–H and O–H groups in total. The summed E-state index contributed by atoms with van der Waals surface area (Å²) in [4.78, 5) is 2.38. The van der Waals surface area contributed by atoms with Crippen molar-refractivity contribution in [2.45, 2.75) is 0 Å². The van der Waals surface area contributed by atoms with E-state index in [2.05, 4.69) is 198 Å². The van der Waals surface area contributed by atoms with Gasteiger partial charge in [-0.1, -0.05) is 127 Å². The standard InChI is InChI=1S/C54H32N2O2/c1-2-15-36(16-3-1)56-47-28-25-37(31-45(47)43-26-22-34-13-5-8-18-40(34)52(43)56)55(38-24-27-44-50(32-38)57-49-29-23-33-12-4-7-17-39(33)51(44)49)53-41-19-9-6-14-35(41)30-46-42-20-10-11-21-48(42)58-54(46)53/h1-32H. The van der Waals surface area contributed by atoms with E-state index in [9.17, 15) is 0 Å². The summed E-state index contributed by atoms with van der Waals surface area (Å²) in [6, 6.07) is 69.5. The molecule has 3 heterocycles. The molecule has 58 heavy (non-hydrogen) atoms. The van der Waals surface area contributed by atoms with Crippen molar-refractivity contribution in [1.29, 1.82) is 0 Å². The maximum Gasteiger partial charge on any atom is 0.160 e. The fourth-order valence-corrected chi connectivity index (χ4v) is 9.56. The first-order valence-electron chi connectivity index (χ1n) is 19.8. The van der Waals surface area contributed by atoms with Gasteiger partial charge in [0.2, 0.25) is 0 Å². The molecule has 0 amide bonds. The van der Waals surface area contributed by atoms with Gasteiger partial charge < -0.3 is 18.3 Å². The van der Waals surface area contributed by atoms with Crippen LogP contribution in [0.5, 0.6) is 0 Å². The molecule has 0 saturated carbocycles. The van der Waals surface area contributed by atoms with E-state index in [1.807, 2.05) is 6.07 Å². The van der Waals surface area contributed by atoms with Crippen molar-refractivity contribution in [1.82, 2.24) is 4.57 Å². The van der Waals surface area contributed by atoms with Crippen molar-refractivity contribution in [3.05, 3.63) is 194 Å². The quantitative estimate of drug-likeness (QED) is 0.180. The number of hydrogen-bond donors (Lipinski definition) is 0. The van der Waals surface area contributed by atoms with Crippen molar-refractivity contribution in [3.63, 3.8) is 0 Å². The highest BCUT2D eigenvalue weighted by Gasteiger charge is 2.25. The zero-order chi connectivity index (χ0) is 37.9. The summed E-state index contributed by atoms with van der Waals surface area (Å²) in [6.07, 6.45) is 0. The van der Waals surface area contributed by atoms with Crippen LogP contribution in [0.1, 0.15) is 0 Å². The van der Waals surface area contributed by atoms with Crippen LogP contribution in [0.4, 0.5) is 17.1 Å². The lowest BCUT2D eigenvalue weighted by Crippen LogP contribution is -2.11. The van der Waals surface area contributed by atoms with Gasteiger partial charge in [0.15, 0.2) is 5.58 Å². The molecule has 270 valence electrons. The first-order valence-corrected chi connectivity index (χ1v) is 19.8. The number of fused-ring (bicyclic) bond motifs is 14. The third-order valence-electron chi connectivity index (χ3n) is 12.1. The van der Waals surface area contributed by atoms with Crippen LogP contribution < -0.4 is 4.90 Å². The van der Waals surface area contributed by atoms with E-state index in [0.717, 1.165) is 82.9 Å². The van der Waals surface area contributed by atoms with E-state index in [1.165, 1.54) is 37.8 Å². The van der Waals surface area contributed by atoms with Crippen molar-refractivity contribution in [2.75, 3.05) is 4.90 Å². The van der Waals surface area contributed by atoms with Crippen LogP contribution in [-0.2, 0) is 0 Å². The molecule has 0 aliphatic carbocycles. The van der Waals surface area contributed by atoms with E-state index in [-0.39, 0.29) is 0 Å². The van der Waals surface area contributed by atoms with Crippen molar-refractivity contribution < 1.29 is 8.83 Å². The lowest BCUT2D eigenvalue weighted by molar-refractivity contribution is 0.668. The number of nitrogens with zero attached hydrogens (tertiary/aromatic N) is 2. The Morgan fingerprint density at radius 1 is 0.362 bits per heavy atom. The summed E-state index contributed by atoms with van der Waals surface area (Å²) in [5.41, 5.74) is 9.88. The van der Waals surface area contributed by atoms with E-state index in [4.69, 9.17) is 8.83 Å². The smallest absolute Gasteiger partial charge is 0.160 e. The molecule has 0 aliphatic heterocycles. The van der Waals surface area contributed by atoms with Gasteiger partial charge >= 0.3 is 0 Å². The lowest BCUT2D eigenvalue weighted by atomic mass is 10.0. The third kappa shape index (κ3) is 4.40. The number of rotatable bonds is 4. The minimum atomic E-state index is 0.836. The molecule has 4 heteroatoms. The second kappa shape index (κ2) is 11.8. The van der Waals surface area contributed by atoms with E-state index < -0.39 is 0 Å². The van der Waals surface area contributed by atoms with Crippen LogP contribution in [0.15, 0.2) is 203 Å². The predicted octanol–water partition coefficient (Wildman–Crippen LogP) is 15.5. The van der Waals surface area contributed by atoms with Gasteiger partial charge in [-0.05, 0) is 82.2 Å². The Balaban J connectivity index is 1.15. The summed E-state index contributed by atoms with van der Waals surface area (Å²) >= 11 is 0. The summed E-state index contributed by atoms with van der Waals surface area (Å²) in [5, 5.41) is 13.8. The SMILES string of the molecule is c1ccc(-n2c3ccc(N(c4ccc5c(c4)oc4ccc6ccccc6c45)c4c5ccccc5cc5c4oc4ccccc45)cc3c3ccc4ccccc4c32)cc1. The highest BCUT2D eigenvalue weighted by atomic mass is 16.3. The van der Waals surface area contributed by atoms with Gasteiger partial charge in [-0.2, -0.15) is 0 Å². The van der Waals surface area contributed by atoms with Gasteiger partial charge in [-0.3, -0.25) is 0 Å². The molecule has 0 unspecified atom stereocenters. The Bertz CT molecular complexity index is 3810. The second-order valence-corrected chi connectivity index (χ2v) is 15.3. The summed E-state index contributed by atoms with van der Waals surface area (Å²) in [5.74, 6) is 0. The van der Waals surface area contributed by atoms with E-state index >= 15 is 0 Å². The number of furan rings is 2. The van der Waals surface area contributed by atoms with Crippen LogP contribution in [0, 0.1) is 0 Å². The first kappa shape index (κ1) is 31.4. The molecule has 13 aromatic rings. The molecule has 0 saturated heterocycles. The molecule has 3 aromatic heterocycles. The molecule has 0 radical (unpaired) electrons. The molecule has 0 bridgehead atoms. The molecule has 13 rings (SSSR count). The topological polar surface area (TPSA) is 34.5 Å². The van der Waals surface area contributed by atoms with Gasteiger partial charge in [0, 0.05) is 60.5 Å². The Hall–Kier alpha value is -7.82. The monoisotopic (exact) mass is 740 g/mol. The highest BCUT2D eigenvalue weighted by molar-refractivity contribution is 6.23. The summed E-state index contributed by atoms with van der Waals surface area (Å²) < 4.78 is 16.0. The van der Waals surface area contributed by atoms with Crippen LogP contribution >= 0.6 is 0 Å². The van der Waals surface area contributed by atoms with Crippen molar-refractivity contribution in [2.24, 2.45) is 0 Å². The Kier molecular flexibility index (Phi) is 6.41. The summed E-state index contributed by atoms with van der Waals surface area (Å²) in [6.45, 7) is 0. The molecule has 4 nitrogen and oxygen atoms in total. The molecular formula is C54H32N2O2. The van der Waals surface area contributed by atoms with Gasteiger partial charge in [0.25, 0.3) is 0 Å². The van der Waals surface area contributed by atoms with Crippen LogP contribution in [0.2, 0.25) is 0 Å². The maximum absolute atomic E-state index is 6.90. The normalized spacial score (nSPS) is 12.1. The highest BCUT2D eigenvalue weighted by Crippen LogP contribution is 2.49. The number of anilines is 3. The average Bonchev–Trinajstić information content (AvgIpc) is 3.96. The number of hydrogen-bond acceptors (Lipinski definition) is 3. The lowest BCUT2D eigenvalue weighted by Gasteiger charge is -2.27. The molecule has 0 aliphatic rings. The molecule has 0 atom stereocenters. The van der Waals surface area contributed by atoms with Crippen molar-refractivity contribution in [3.8, 4) is 5.69 Å². The predicted molar refractivity (Wildman–Crippen MR) is 243 cm³/mol. The molecule has 0 spiro atoms. The Morgan fingerprint density at radius 2 is 1.02 bits per heavy atom. The van der Waals surface area contributed by atoms with Gasteiger partial charge in [-0.15, -0.1) is 0 Å².